The van der Waals surface area contributed by atoms with E-state index in [2.05, 4.69) is 0 Å². The van der Waals surface area contributed by atoms with Crippen LogP contribution in [0.3, 0.4) is 0 Å². The van der Waals surface area contributed by atoms with E-state index >= 15 is 0 Å². The zero-order valence-corrected chi connectivity index (χ0v) is 6.32. The lowest BCUT2D eigenvalue weighted by molar-refractivity contribution is 1.51. The van der Waals surface area contributed by atoms with Crippen molar-refractivity contribution in [3.8, 4) is 12.1 Å². The van der Waals surface area contributed by atoms with Crippen molar-refractivity contribution < 1.29 is 0 Å². The van der Waals surface area contributed by atoms with Gasteiger partial charge in [0.1, 0.15) is 11.1 Å². The van der Waals surface area contributed by atoms with Crippen LogP contribution in [0.25, 0.3) is 0 Å². The molecule has 0 aliphatic heterocycles. The molecule has 0 aromatic heterocycles. The first kappa shape index (κ1) is 9.04. The second kappa shape index (κ2) is 4.88. The third-order valence-corrected chi connectivity index (χ3v) is 1.31. The Morgan fingerprint density at radius 3 is 2.30 bits per heavy atom. The topological polar surface area (TPSA) is 47.6 Å². The Balaban J connectivity index is 4.41. The maximum absolute atomic E-state index is 8.16. The lowest BCUT2D eigenvalue weighted by Gasteiger charge is -1.83. The van der Waals surface area contributed by atoms with Crippen molar-refractivity contribution in [3.05, 3.63) is 22.2 Å². The minimum absolute atomic E-state index is 0.0747. The first-order valence-electron chi connectivity index (χ1n) is 2.24. The van der Waals surface area contributed by atoms with Crippen molar-refractivity contribution in [2.75, 3.05) is 0 Å². The Hall–Kier alpha value is -0.960. The van der Waals surface area contributed by atoms with Gasteiger partial charge in [0.25, 0.3) is 0 Å². The quantitative estimate of drug-likeness (QED) is 0.451. The van der Waals surface area contributed by atoms with Crippen molar-refractivity contribution in [2.24, 2.45) is 0 Å². The van der Waals surface area contributed by atoms with E-state index in [1.165, 1.54) is 6.08 Å². The van der Waals surface area contributed by atoms with Gasteiger partial charge in [0, 0.05) is 6.08 Å². The SMILES string of the molecule is N#CC=CC(Cl)=C(Cl)C#N. The number of hydrogen-bond acceptors (Lipinski definition) is 2. The van der Waals surface area contributed by atoms with Crippen LogP contribution in [-0.2, 0) is 0 Å². The van der Waals surface area contributed by atoms with Crippen LogP contribution < -0.4 is 0 Å². The standard InChI is InChI=1S/C6H2Cl2N2/c7-5(2-1-3-9)6(8)4-10/h1-2H. The van der Waals surface area contributed by atoms with Crippen molar-refractivity contribution >= 4 is 23.2 Å². The van der Waals surface area contributed by atoms with Gasteiger partial charge in [0.05, 0.1) is 11.1 Å². The van der Waals surface area contributed by atoms with Crippen LogP contribution in [0.4, 0.5) is 0 Å². The number of halogens is 2. The van der Waals surface area contributed by atoms with Crippen LogP contribution in [0.15, 0.2) is 22.2 Å². The fourth-order valence-corrected chi connectivity index (χ4v) is 0.405. The van der Waals surface area contributed by atoms with Crippen LogP contribution in [0, 0.1) is 22.7 Å². The number of nitriles is 2. The zero-order valence-electron chi connectivity index (χ0n) is 4.81. The van der Waals surface area contributed by atoms with E-state index in [9.17, 15) is 0 Å². The average Bonchev–Trinajstić information content (AvgIpc) is 1.98. The smallest absolute Gasteiger partial charge is 0.136 e. The van der Waals surface area contributed by atoms with Crippen molar-refractivity contribution in [2.45, 2.75) is 0 Å². The Kier molecular flexibility index (Phi) is 4.41. The second-order valence-electron chi connectivity index (χ2n) is 1.24. The molecule has 0 aliphatic rings. The molecule has 0 bridgehead atoms. The summed E-state index contributed by atoms with van der Waals surface area (Å²) in [5.74, 6) is 0. The summed E-state index contributed by atoms with van der Waals surface area (Å²) in [6, 6.07) is 3.34. The molecule has 50 valence electrons. The molecule has 0 aliphatic carbocycles. The van der Waals surface area contributed by atoms with Gasteiger partial charge in [-0.2, -0.15) is 10.5 Å². The molecule has 0 aromatic rings. The zero-order chi connectivity index (χ0) is 7.98. The van der Waals surface area contributed by atoms with Gasteiger partial charge < -0.3 is 0 Å². The Morgan fingerprint density at radius 2 is 1.90 bits per heavy atom. The van der Waals surface area contributed by atoms with Gasteiger partial charge in [-0.15, -0.1) is 0 Å². The van der Waals surface area contributed by atoms with Crippen LogP contribution in [0.1, 0.15) is 0 Å². The van der Waals surface area contributed by atoms with E-state index in [1.807, 2.05) is 0 Å². The minimum Gasteiger partial charge on any atom is -0.193 e. The lowest BCUT2D eigenvalue weighted by atomic mass is 10.4. The first-order chi connectivity index (χ1) is 4.72. The van der Waals surface area contributed by atoms with Crippen LogP contribution in [-0.4, -0.2) is 0 Å². The highest BCUT2D eigenvalue weighted by Gasteiger charge is 1.93. The normalized spacial score (nSPS) is 12.0. The summed E-state index contributed by atoms with van der Waals surface area (Å²) >= 11 is 10.7. The number of rotatable bonds is 1. The van der Waals surface area contributed by atoms with Gasteiger partial charge in [-0.1, -0.05) is 23.2 Å². The van der Waals surface area contributed by atoms with Crippen molar-refractivity contribution in [3.63, 3.8) is 0 Å². The molecule has 0 N–H and O–H groups in total. The fraction of sp³-hybridized carbons (Fsp3) is 0. The molecule has 0 rings (SSSR count). The molecule has 10 heavy (non-hydrogen) atoms. The third kappa shape index (κ3) is 3.14. The van der Waals surface area contributed by atoms with E-state index in [-0.39, 0.29) is 10.1 Å². The largest absolute Gasteiger partial charge is 0.193 e. The molecule has 0 saturated heterocycles. The molecular formula is C6H2Cl2N2. The molecule has 0 atom stereocenters. The monoisotopic (exact) mass is 172 g/mol. The third-order valence-electron chi connectivity index (χ3n) is 0.612. The Morgan fingerprint density at radius 1 is 1.30 bits per heavy atom. The Bertz CT molecular complexity index is 252. The molecule has 4 heteroatoms. The molecular weight excluding hydrogens is 171 g/mol. The minimum atomic E-state index is -0.117. The maximum atomic E-state index is 8.16. The highest BCUT2D eigenvalue weighted by Crippen LogP contribution is 2.13. The molecule has 0 fully saturated rings. The predicted molar refractivity (Wildman–Crippen MR) is 39.1 cm³/mol. The van der Waals surface area contributed by atoms with Gasteiger partial charge in [-0.3, -0.25) is 0 Å². The van der Waals surface area contributed by atoms with E-state index in [0.29, 0.717) is 0 Å². The van der Waals surface area contributed by atoms with Gasteiger partial charge >= 0.3 is 0 Å². The van der Waals surface area contributed by atoms with Gasteiger partial charge in [-0.25, -0.2) is 0 Å². The predicted octanol–water partition coefficient (Wildman–Crippen LogP) is 2.28. The second-order valence-corrected chi connectivity index (χ2v) is 2.02. The average molecular weight is 173 g/mol. The molecule has 0 aromatic carbocycles. The number of allylic oxidation sites excluding steroid dienone is 4. The van der Waals surface area contributed by atoms with Crippen molar-refractivity contribution in [1.82, 2.24) is 0 Å². The maximum Gasteiger partial charge on any atom is 0.136 e. The highest BCUT2D eigenvalue weighted by molar-refractivity contribution is 6.41. The van der Waals surface area contributed by atoms with Gasteiger partial charge in [0.2, 0.25) is 0 Å². The number of hydrogen-bond donors (Lipinski definition) is 0. The van der Waals surface area contributed by atoms with E-state index in [0.717, 1.165) is 6.08 Å². The highest BCUT2D eigenvalue weighted by atomic mass is 35.5. The number of nitrogens with zero attached hydrogens (tertiary/aromatic N) is 2. The summed E-state index contributed by atoms with van der Waals surface area (Å²) in [5, 5.41) is 16.1. The van der Waals surface area contributed by atoms with Gasteiger partial charge in [-0.05, 0) is 6.08 Å². The summed E-state index contributed by atoms with van der Waals surface area (Å²) in [6.07, 6.45) is 2.40. The molecule has 0 unspecified atom stereocenters. The summed E-state index contributed by atoms with van der Waals surface area (Å²) in [4.78, 5) is 0. The molecule has 0 spiro atoms. The van der Waals surface area contributed by atoms with E-state index in [4.69, 9.17) is 33.7 Å². The molecule has 0 amide bonds. The first-order valence-corrected chi connectivity index (χ1v) is 2.99. The summed E-state index contributed by atoms with van der Waals surface area (Å²) in [5.41, 5.74) is 0. The molecule has 0 heterocycles. The van der Waals surface area contributed by atoms with E-state index in [1.54, 1.807) is 12.1 Å². The van der Waals surface area contributed by atoms with Crippen LogP contribution in [0.5, 0.6) is 0 Å². The summed E-state index contributed by atoms with van der Waals surface area (Å²) < 4.78 is 0. The molecule has 2 nitrogen and oxygen atoms in total. The van der Waals surface area contributed by atoms with Crippen LogP contribution in [0.2, 0.25) is 0 Å². The lowest BCUT2D eigenvalue weighted by Crippen LogP contribution is -1.67. The molecule has 0 saturated carbocycles. The Labute approximate surface area is 68.6 Å². The van der Waals surface area contributed by atoms with Crippen LogP contribution >= 0.6 is 23.2 Å². The van der Waals surface area contributed by atoms with Gasteiger partial charge in [0.15, 0.2) is 0 Å². The summed E-state index contributed by atoms with van der Waals surface area (Å²) in [6.45, 7) is 0. The molecule has 0 radical (unpaired) electrons. The van der Waals surface area contributed by atoms with Crippen molar-refractivity contribution in [1.29, 1.82) is 10.5 Å². The fourth-order valence-electron chi connectivity index (χ4n) is 0.237. The van der Waals surface area contributed by atoms with E-state index < -0.39 is 0 Å². The summed E-state index contributed by atoms with van der Waals surface area (Å²) in [7, 11) is 0.